The van der Waals surface area contributed by atoms with E-state index in [4.69, 9.17) is 4.74 Å². The van der Waals surface area contributed by atoms with E-state index in [1.165, 1.54) is 12.8 Å². The van der Waals surface area contributed by atoms with E-state index in [1.807, 2.05) is 0 Å². The molecule has 2 rings (SSSR count). The van der Waals surface area contributed by atoms with Crippen molar-refractivity contribution in [1.29, 1.82) is 0 Å². The van der Waals surface area contributed by atoms with Crippen molar-refractivity contribution in [3.63, 3.8) is 0 Å². The number of hydrogen-bond acceptors (Lipinski definition) is 3. The van der Waals surface area contributed by atoms with Gasteiger partial charge in [0.15, 0.2) is 0 Å². The molecule has 1 spiro atoms. The van der Waals surface area contributed by atoms with Gasteiger partial charge in [-0.3, -0.25) is 4.90 Å². The third kappa shape index (κ3) is 2.03. The Labute approximate surface area is 80.4 Å². The lowest BCUT2D eigenvalue weighted by Crippen LogP contribution is -2.58. The molecule has 2 aliphatic heterocycles. The van der Waals surface area contributed by atoms with Crippen molar-refractivity contribution >= 4 is 0 Å². The summed E-state index contributed by atoms with van der Waals surface area (Å²) in [5.41, 5.74) is 0.145. The number of nitrogens with one attached hydrogen (secondary N) is 1. The van der Waals surface area contributed by atoms with Crippen molar-refractivity contribution in [2.24, 2.45) is 0 Å². The smallest absolute Gasteiger partial charge is 0.0933 e. The van der Waals surface area contributed by atoms with Gasteiger partial charge in [-0.1, -0.05) is 6.92 Å². The van der Waals surface area contributed by atoms with E-state index in [1.54, 1.807) is 0 Å². The summed E-state index contributed by atoms with van der Waals surface area (Å²) >= 11 is 0. The van der Waals surface area contributed by atoms with Gasteiger partial charge >= 0.3 is 0 Å². The summed E-state index contributed by atoms with van der Waals surface area (Å²) < 4.78 is 5.93. The number of likely N-dealkylation sites (N-methyl/N-ethyl adjacent to an activating group) is 1. The molecule has 1 unspecified atom stereocenters. The molecule has 1 N–H and O–H groups in total. The zero-order valence-corrected chi connectivity index (χ0v) is 8.51. The van der Waals surface area contributed by atoms with Crippen LogP contribution in [0.25, 0.3) is 0 Å². The topological polar surface area (TPSA) is 24.5 Å². The molecule has 13 heavy (non-hydrogen) atoms. The zero-order chi connectivity index (χ0) is 9.15. The van der Waals surface area contributed by atoms with E-state index >= 15 is 0 Å². The highest BCUT2D eigenvalue weighted by Gasteiger charge is 2.37. The molecule has 0 aromatic carbocycles. The summed E-state index contributed by atoms with van der Waals surface area (Å²) in [4.78, 5) is 2.50. The predicted octanol–water partition coefficient (Wildman–Crippen LogP) is 0.461. The second-order valence-electron chi connectivity index (χ2n) is 4.18. The zero-order valence-electron chi connectivity index (χ0n) is 8.51. The van der Waals surface area contributed by atoms with Gasteiger partial charge in [-0.25, -0.2) is 0 Å². The third-order valence-electron chi connectivity index (χ3n) is 3.21. The Morgan fingerprint density at radius 3 is 3.15 bits per heavy atom. The van der Waals surface area contributed by atoms with Crippen LogP contribution in [0, 0.1) is 0 Å². The van der Waals surface area contributed by atoms with Crippen LogP contribution < -0.4 is 5.32 Å². The van der Waals surface area contributed by atoms with Crippen LogP contribution in [0.2, 0.25) is 0 Å². The van der Waals surface area contributed by atoms with Gasteiger partial charge in [-0.15, -0.1) is 0 Å². The van der Waals surface area contributed by atoms with Crippen molar-refractivity contribution < 1.29 is 4.74 Å². The van der Waals surface area contributed by atoms with Crippen molar-refractivity contribution in [1.82, 2.24) is 10.2 Å². The van der Waals surface area contributed by atoms with Crippen LogP contribution in [0.15, 0.2) is 0 Å². The molecule has 0 aromatic rings. The maximum atomic E-state index is 5.93. The molecule has 0 amide bonds. The van der Waals surface area contributed by atoms with Gasteiger partial charge in [-0.05, 0) is 25.9 Å². The lowest BCUT2D eigenvalue weighted by atomic mass is 9.92. The summed E-state index contributed by atoms with van der Waals surface area (Å²) in [6.07, 6.45) is 2.49. The normalized spacial score (nSPS) is 36.7. The van der Waals surface area contributed by atoms with Crippen LogP contribution in [-0.4, -0.2) is 49.8 Å². The molecule has 0 bridgehead atoms. The van der Waals surface area contributed by atoms with Gasteiger partial charge in [0, 0.05) is 19.6 Å². The van der Waals surface area contributed by atoms with Gasteiger partial charge in [-0.2, -0.15) is 0 Å². The fourth-order valence-electron chi connectivity index (χ4n) is 2.39. The highest BCUT2D eigenvalue weighted by atomic mass is 16.5. The average molecular weight is 184 g/mol. The summed E-state index contributed by atoms with van der Waals surface area (Å²) in [5, 5.41) is 3.44. The van der Waals surface area contributed by atoms with E-state index in [0.29, 0.717) is 0 Å². The minimum Gasteiger partial charge on any atom is -0.371 e. The molecule has 2 saturated heterocycles. The van der Waals surface area contributed by atoms with Gasteiger partial charge < -0.3 is 10.1 Å². The second kappa shape index (κ2) is 3.95. The number of morpholine rings is 1. The molecule has 0 aromatic heterocycles. The second-order valence-corrected chi connectivity index (χ2v) is 4.18. The molecule has 2 fully saturated rings. The van der Waals surface area contributed by atoms with Crippen LogP contribution in [0.4, 0.5) is 0 Å². The van der Waals surface area contributed by atoms with Gasteiger partial charge in [0.1, 0.15) is 0 Å². The fourth-order valence-corrected chi connectivity index (χ4v) is 2.39. The Morgan fingerprint density at radius 2 is 2.46 bits per heavy atom. The van der Waals surface area contributed by atoms with Crippen LogP contribution in [-0.2, 0) is 4.74 Å². The van der Waals surface area contributed by atoms with Gasteiger partial charge in [0.2, 0.25) is 0 Å². The lowest BCUT2D eigenvalue weighted by Gasteiger charge is -2.44. The summed E-state index contributed by atoms with van der Waals surface area (Å²) in [6, 6.07) is 0. The maximum Gasteiger partial charge on any atom is 0.0933 e. The Kier molecular flexibility index (Phi) is 2.86. The maximum absolute atomic E-state index is 5.93. The first-order chi connectivity index (χ1) is 6.35. The third-order valence-corrected chi connectivity index (χ3v) is 3.21. The number of rotatable bonds is 1. The van der Waals surface area contributed by atoms with E-state index in [-0.39, 0.29) is 5.60 Å². The summed E-state index contributed by atoms with van der Waals surface area (Å²) in [7, 11) is 0. The first-order valence-corrected chi connectivity index (χ1v) is 5.42. The average Bonchev–Trinajstić information content (AvgIpc) is 2.19. The molecule has 1 atom stereocenters. The Bertz CT molecular complexity index is 161. The number of hydrogen-bond donors (Lipinski definition) is 1. The summed E-state index contributed by atoms with van der Waals surface area (Å²) in [5.74, 6) is 0. The van der Waals surface area contributed by atoms with Crippen molar-refractivity contribution in [2.75, 3.05) is 39.3 Å². The quantitative estimate of drug-likeness (QED) is 0.641. The first kappa shape index (κ1) is 9.44. The fraction of sp³-hybridized carbons (Fsp3) is 1.00. The molecule has 0 aliphatic carbocycles. The Hall–Kier alpha value is -0.120. The lowest BCUT2D eigenvalue weighted by molar-refractivity contribution is -0.117. The summed E-state index contributed by atoms with van der Waals surface area (Å²) in [6.45, 7) is 8.74. The molecule has 2 aliphatic rings. The molecule has 3 nitrogen and oxygen atoms in total. The predicted molar refractivity (Wildman–Crippen MR) is 52.9 cm³/mol. The van der Waals surface area contributed by atoms with E-state index in [0.717, 1.165) is 39.3 Å². The van der Waals surface area contributed by atoms with Crippen LogP contribution in [0.5, 0.6) is 0 Å². The van der Waals surface area contributed by atoms with E-state index < -0.39 is 0 Å². The highest BCUT2D eigenvalue weighted by molar-refractivity contribution is 4.92. The molecular weight excluding hydrogens is 164 g/mol. The largest absolute Gasteiger partial charge is 0.371 e. The minimum atomic E-state index is 0.145. The molecule has 3 heteroatoms. The van der Waals surface area contributed by atoms with Crippen molar-refractivity contribution in [3.05, 3.63) is 0 Å². The van der Waals surface area contributed by atoms with Crippen LogP contribution in [0.1, 0.15) is 19.8 Å². The number of piperidine rings is 1. The molecule has 0 radical (unpaired) electrons. The number of nitrogens with zero attached hydrogens (tertiary/aromatic N) is 1. The molecule has 0 saturated carbocycles. The van der Waals surface area contributed by atoms with Crippen molar-refractivity contribution in [2.45, 2.75) is 25.4 Å². The van der Waals surface area contributed by atoms with E-state index in [2.05, 4.69) is 17.1 Å². The van der Waals surface area contributed by atoms with Gasteiger partial charge in [0.25, 0.3) is 0 Å². The van der Waals surface area contributed by atoms with Crippen LogP contribution >= 0.6 is 0 Å². The number of ether oxygens (including phenoxy) is 1. The van der Waals surface area contributed by atoms with E-state index in [9.17, 15) is 0 Å². The SMILES string of the molecule is CCN1CCOC2(CCCNC2)C1. The molecular formula is C10H20N2O. The minimum absolute atomic E-state index is 0.145. The monoisotopic (exact) mass is 184 g/mol. The van der Waals surface area contributed by atoms with Crippen LogP contribution in [0.3, 0.4) is 0 Å². The molecule has 76 valence electrons. The molecule has 2 heterocycles. The van der Waals surface area contributed by atoms with Gasteiger partial charge in [0.05, 0.1) is 12.2 Å². The standard InChI is InChI=1S/C10H20N2O/c1-2-12-6-7-13-10(9-12)4-3-5-11-8-10/h11H,2-9H2,1H3. The Balaban J connectivity index is 1.95. The first-order valence-electron chi connectivity index (χ1n) is 5.42. The van der Waals surface area contributed by atoms with Crippen molar-refractivity contribution in [3.8, 4) is 0 Å². The highest BCUT2D eigenvalue weighted by Crippen LogP contribution is 2.25. The Morgan fingerprint density at radius 1 is 1.54 bits per heavy atom.